The molecule has 0 saturated carbocycles. The molecule has 0 spiro atoms. The van der Waals surface area contributed by atoms with Crippen LogP contribution < -0.4 is 5.32 Å². The Morgan fingerprint density at radius 3 is 2.70 bits per heavy atom. The standard InChI is InChI=1S/C17H27BrN2/c1-5-15-10-19-16(17(2,3)4)12-20(15)11-13-7-6-8-14(18)9-13/h6-9,15-16,19H,5,10-12H2,1-4H3. The first-order valence-electron chi connectivity index (χ1n) is 7.62. The number of nitrogens with zero attached hydrogens (tertiary/aromatic N) is 1. The first kappa shape index (κ1) is 16.0. The molecule has 112 valence electrons. The summed E-state index contributed by atoms with van der Waals surface area (Å²) in [6, 6.07) is 9.90. The van der Waals surface area contributed by atoms with Gasteiger partial charge in [-0.3, -0.25) is 4.90 Å². The van der Waals surface area contributed by atoms with Gasteiger partial charge in [0.2, 0.25) is 0 Å². The van der Waals surface area contributed by atoms with Crippen molar-refractivity contribution in [1.29, 1.82) is 0 Å². The van der Waals surface area contributed by atoms with Gasteiger partial charge in [0, 0.05) is 36.2 Å². The van der Waals surface area contributed by atoms with Crippen LogP contribution in [0.25, 0.3) is 0 Å². The topological polar surface area (TPSA) is 15.3 Å². The van der Waals surface area contributed by atoms with E-state index in [4.69, 9.17) is 0 Å². The molecule has 2 rings (SSSR count). The lowest BCUT2D eigenvalue weighted by Gasteiger charge is -2.45. The van der Waals surface area contributed by atoms with E-state index in [0.29, 0.717) is 17.5 Å². The fourth-order valence-electron chi connectivity index (χ4n) is 2.90. The summed E-state index contributed by atoms with van der Waals surface area (Å²) in [4.78, 5) is 2.65. The van der Waals surface area contributed by atoms with Gasteiger partial charge in [0.05, 0.1) is 0 Å². The van der Waals surface area contributed by atoms with Crippen molar-refractivity contribution in [1.82, 2.24) is 10.2 Å². The van der Waals surface area contributed by atoms with Gasteiger partial charge in [-0.15, -0.1) is 0 Å². The molecule has 1 heterocycles. The van der Waals surface area contributed by atoms with E-state index in [1.807, 2.05) is 0 Å². The van der Waals surface area contributed by atoms with Gasteiger partial charge in [0.15, 0.2) is 0 Å². The molecule has 3 heteroatoms. The zero-order valence-electron chi connectivity index (χ0n) is 13.1. The monoisotopic (exact) mass is 338 g/mol. The second-order valence-electron chi connectivity index (χ2n) is 6.95. The lowest BCUT2D eigenvalue weighted by Crippen LogP contribution is -2.59. The fraction of sp³-hybridized carbons (Fsp3) is 0.647. The Labute approximate surface area is 132 Å². The van der Waals surface area contributed by atoms with Crippen LogP contribution in [0.15, 0.2) is 28.7 Å². The van der Waals surface area contributed by atoms with Gasteiger partial charge in [0.1, 0.15) is 0 Å². The highest BCUT2D eigenvalue weighted by atomic mass is 79.9. The predicted octanol–water partition coefficient (Wildman–Crippen LogP) is 4.05. The van der Waals surface area contributed by atoms with Crippen molar-refractivity contribution < 1.29 is 0 Å². The Hall–Kier alpha value is -0.380. The smallest absolute Gasteiger partial charge is 0.0244 e. The van der Waals surface area contributed by atoms with Crippen LogP contribution in [0.3, 0.4) is 0 Å². The number of halogens is 1. The van der Waals surface area contributed by atoms with E-state index in [1.165, 1.54) is 16.5 Å². The molecule has 1 aliphatic rings. The molecular weight excluding hydrogens is 312 g/mol. The molecule has 0 amide bonds. The molecule has 0 aliphatic carbocycles. The molecular formula is C17H27BrN2. The lowest BCUT2D eigenvalue weighted by molar-refractivity contribution is 0.0775. The number of hydrogen-bond acceptors (Lipinski definition) is 2. The molecule has 2 nitrogen and oxygen atoms in total. The summed E-state index contributed by atoms with van der Waals surface area (Å²) in [7, 11) is 0. The Morgan fingerprint density at radius 2 is 2.10 bits per heavy atom. The van der Waals surface area contributed by atoms with Crippen LogP contribution >= 0.6 is 15.9 Å². The number of benzene rings is 1. The van der Waals surface area contributed by atoms with Crippen molar-refractivity contribution >= 4 is 15.9 Å². The zero-order chi connectivity index (χ0) is 14.8. The van der Waals surface area contributed by atoms with E-state index in [1.54, 1.807) is 0 Å². The first-order chi connectivity index (χ1) is 9.40. The molecule has 2 unspecified atom stereocenters. The minimum atomic E-state index is 0.314. The van der Waals surface area contributed by atoms with Crippen LogP contribution in [0.5, 0.6) is 0 Å². The van der Waals surface area contributed by atoms with Crippen molar-refractivity contribution in [3.8, 4) is 0 Å². The zero-order valence-corrected chi connectivity index (χ0v) is 14.7. The van der Waals surface area contributed by atoms with E-state index < -0.39 is 0 Å². The third kappa shape index (κ3) is 4.06. The number of rotatable bonds is 3. The maximum absolute atomic E-state index is 3.74. The molecule has 0 aromatic heterocycles. The summed E-state index contributed by atoms with van der Waals surface area (Å²) in [6.45, 7) is 12.6. The van der Waals surface area contributed by atoms with Crippen LogP contribution in [-0.4, -0.2) is 30.1 Å². The van der Waals surface area contributed by atoms with Crippen LogP contribution in [0.2, 0.25) is 0 Å². The van der Waals surface area contributed by atoms with Gasteiger partial charge < -0.3 is 5.32 Å². The highest BCUT2D eigenvalue weighted by molar-refractivity contribution is 9.10. The third-order valence-corrected chi connectivity index (χ3v) is 4.82. The van der Waals surface area contributed by atoms with E-state index >= 15 is 0 Å². The summed E-state index contributed by atoms with van der Waals surface area (Å²) in [5, 5.41) is 3.74. The van der Waals surface area contributed by atoms with Crippen molar-refractivity contribution in [2.75, 3.05) is 13.1 Å². The van der Waals surface area contributed by atoms with Crippen molar-refractivity contribution in [2.24, 2.45) is 5.41 Å². The highest BCUT2D eigenvalue weighted by Crippen LogP contribution is 2.25. The molecule has 1 fully saturated rings. The summed E-state index contributed by atoms with van der Waals surface area (Å²) < 4.78 is 1.17. The van der Waals surface area contributed by atoms with E-state index in [2.05, 4.69) is 78.1 Å². The number of nitrogens with one attached hydrogen (secondary N) is 1. The largest absolute Gasteiger partial charge is 0.311 e. The lowest BCUT2D eigenvalue weighted by atomic mass is 9.84. The normalized spacial score (nSPS) is 24.9. The Morgan fingerprint density at radius 1 is 1.35 bits per heavy atom. The minimum absolute atomic E-state index is 0.314. The van der Waals surface area contributed by atoms with Crippen LogP contribution in [-0.2, 0) is 6.54 Å². The van der Waals surface area contributed by atoms with Gasteiger partial charge in [-0.25, -0.2) is 0 Å². The van der Waals surface area contributed by atoms with E-state index in [-0.39, 0.29) is 0 Å². The SMILES string of the molecule is CCC1CNC(C(C)(C)C)CN1Cc1cccc(Br)c1. The second-order valence-corrected chi connectivity index (χ2v) is 7.86. The average molecular weight is 339 g/mol. The van der Waals surface area contributed by atoms with Gasteiger partial charge in [-0.05, 0) is 29.5 Å². The summed E-state index contributed by atoms with van der Waals surface area (Å²) in [5.41, 5.74) is 1.71. The quantitative estimate of drug-likeness (QED) is 0.894. The molecule has 20 heavy (non-hydrogen) atoms. The fourth-order valence-corrected chi connectivity index (χ4v) is 3.35. The average Bonchev–Trinajstić information content (AvgIpc) is 2.37. The predicted molar refractivity (Wildman–Crippen MR) is 89.9 cm³/mol. The Balaban J connectivity index is 2.09. The Kier molecular flexibility index (Phi) is 5.27. The van der Waals surface area contributed by atoms with Gasteiger partial charge in [-0.1, -0.05) is 55.8 Å². The summed E-state index contributed by atoms with van der Waals surface area (Å²) in [6.07, 6.45) is 1.21. The van der Waals surface area contributed by atoms with Crippen molar-refractivity contribution in [3.63, 3.8) is 0 Å². The van der Waals surface area contributed by atoms with Crippen LogP contribution in [0.4, 0.5) is 0 Å². The molecule has 1 aliphatic heterocycles. The number of hydrogen-bond donors (Lipinski definition) is 1. The highest BCUT2D eigenvalue weighted by Gasteiger charge is 2.33. The van der Waals surface area contributed by atoms with Crippen molar-refractivity contribution in [3.05, 3.63) is 34.3 Å². The molecule has 1 aromatic rings. The second kappa shape index (κ2) is 6.59. The maximum Gasteiger partial charge on any atom is 0.0244 e. The van der Waals surface area contributed by atoms with Crippen molar-refractivity contribution in [2.45, 2.75) is 52.7 Å². The molecule has 2 atom stereocenters. The molecule has 1 saturated heterocycles. The van der Waals surface area contributed by atoms with Crippen LogP contribution in [0, 0.1) is 5.41 Å². The molecule has 1 N–H and O–H groups in total. The van der Waals surface area contributed by atoms with Gasteiger partial charge in [-0.2, -0.15) is 0 Å². The van der Waals surface area contributed by atoms with E-state index in [0.717, 1.165) is 19.6 Å². The van der Waals surface area contributed by atoms with E-state index in [9.17, 15) is 0 Å². The summed E-state index contributed by atoms with van der Waals surface area (Å²) >= 11 is 3.57. The Bertz CT molecular complexity index is 439. The number of piperazine rings is 1. The summed E-state index contributed by atoms with van der Waals surface area (Å²) in [5.74, 6) is 0. The van der Waals surface area contributed by atoms with Gasteiger partial charge in [0.25, 0.3) is 0 Å². The first-order valence-corrected chi connectivity index (χ1v) is 8.41. The molecule has 1 aromatic carbocycles. The van der Waals surface area contributed by atoms with Crippen LogP contribution in [0.1, 0.15) is 39.7 Å². The maximum atomic E-state index is 3.74. The molecule has 0 radical (unpaired) electrons. The minimum Gasteiger partial charge on any atom is -0.311 e. The third-order valence-electron chi connectivity index (χ3n) is 4.32. The van der Waals surface area contributed by atoms with Gasteiger partial charge >= 0.3 is 0 Å². The molecule has 0 bridgehead atoms.